The van der Waals surface area contributed by atoms with Crippen LogP contribution in [0.4, 0.5) is 10.5 Å². The van der Waals surface area contributed by atoms with E-state index in [0.717, 1.165) is 13.0 Å². The second kappa shape index (κ2) is 7.64. The third-order valence-electron chi connectivity index (χ3n) is 3.17. The van der Waals surface area contributed by atoms with Gasteiger partial charge in [-0.25, -0.2) is 9.59 Å². The third-order valence-corrected chi connectivity index (χ3v) is 3.17. The zero-order valence-electron chi connectivity index (χ0n) is 13.0. The number of nitrogens with zero attached hydrogens (tertiary/aromatic N) is 2. The molecule has 6 heteroatoms. The number of benzene rings is 1. The van der Waals surface area contributed by atoms with E-state index in [1.165, 1.54) is 0 Å². The number of hydrogen-bond donors (Lipinski definition) is 2. The van der Waals surface area contributed by atoms with E-state index in [1.54, 1.807) is 37.1 Å². The van der Waals surface area contributed by atoms with Crippen LogP contribution in [0, 0.1) is 6.92 Å². The van der Waals surface area contributed by atoms with Gasteiger partial charge in [0.05, 0.1) is 11.3 Å². The Labute approximate surface area is 125 Å². The molecule has 0 aliphatic rings. The molecule has 0 saturated carbocycles. The third kappa shape index (κ3) is 5.07. The maximum atomic E-state index is 12.1. The van der Waals surface area contributed by atoms with Crippen molar-refractivity contribution in [2.75, 3.05) is 39.5 Å². The number of carboxylic acid groups (broad SMARTS) is 1. The number of hydrogen-bond acceptors (Lipinski definition) is 3. The van der Waals surface area contributed by atoms with E-state index in [4.69, 9.17) is 0 Å². The van der Waals surface area contributed by atoms with Gasteiger partial charge in [0.15, 0.2) is 0 Å². The van der Waals surface area contributed by atoms with Crippen molar-refractivity contribution in [2.45, 2.75) is 13.3 Å². The minimum Gasteiger partial charge on any atom is -0.478 e. The van der Waals surface area contributed by atoms with Crippen LogP contribution in [-0.2, 0) is 0 Å². The van der Waals surface area contributed by atoms with E-state index in [0.29, 0.717) is 17.8 Å². The highest BCUT2D eigenvalue weighted by molar-refractivity contribution is 6.01. The first-order valence-corrected chi connectivity index (χ1v) is 6.82. The van der Waals surface area contributed by atoms with Crippen LogP contribution >= 0.6 is 0 Å². The highest BCUT2D eigenvalue weighted by atomic mass is 16.4. The van der Waals surface area contributed by atoms with Crippen molar-refractivity contribution in [3.8, 4) is 0 Å². The van der Waals surface area contributed by atoms with Crippen molar-refractivity contribution >= 4 is 17.7 Å². The van der Waals surface area contributed by atoms with Gasteiger partial charge in [0.1, 0.15) is 0 Å². The van der Waals surface area contributed by atoms with Crippen molar-refractivity contribution < 1.29 is 14.7 Å². The van der Waals surface area contributed by atoms with E-state index in [2.05, 4.69) is 10.2 Å². The molecule has 1 rings (SSSR count). The van der Waals surface area contributed by atoms with Gasteiger partial charge in [-0.3, -0.25) is 0 Å². The first kappa shape index (κ1) is 17.0. The van der Waals surface area contributed by atoms with Crippen LogP contribution in [0.15, 0.2) is 18.2 Å². The Morgan fingerprint density at radius 2 is 1.86 bits per heavy atom. The number of urea groups is 1. The molecule has 0 aromatic heterocycles. The van der Waals surface area contributed by atoms with Gasteiger partial charge in [-0.05, 0) is 45.6 Å². The second-order valence-electron chi connectivity index (χ2n) is 5.31. The summed E-state index contributed by atoms with van der Waals surface area (Å²) in [5.74, 6) is -1.04. The lowest BCUT2D eigenvalue weighted by Crippen LogP contribution is -2.34. The van der Waals surface area contributed by atoms with Gasteiger partial charge in [-0.2, -0.15) is 0 Å². The highest BCUT2D eigenvalue weighted by Gasteiger charge is 2.16. The average Bonchev–Trinajstić information content (AvgIpc) is 2.37. The summed E-state index contributed by atoms with van der Waals surface area (Å²) in [6.07, 6.45) is 0.858. The van der Waals surface area contributed by atoms with Gasteiger partial charge in [0.25, 0.3) is 0 Å². The molecule has 0 aliphatic heterocycles. The van der Waals surface area contributed by atoms with E-state index in [1.807, 2.05) is 14.1 Å². The van der Waals surface area contributed by atoms with Gasteiger partial charge in [-0.15, -0.1) is 0 Å². The Kier molecular flexibility index (Phi) is 6.17. The summed E-state index contributed by atoms with van der Waals surface area (Å²) in [4.78, 5) is 27.0. The molecule has 1 aromatic rings. The summed E-state index contributed by atoms with van der Waals surface area (Å²) in [5.41, 5.74) is 1.08. The standard InChI is InChI=1S/C15H23N3O3/c1-11-7-5-8-12(13(11)14(19)20)16-15(21)18(4)10-6-9-17(2)3/h5,7-8H,6,9-10H2,1-4H3,(H,16,21)(H,19,20). The predicted octanol–water partition coefficient (Wildman–Crippen LogP) is 2.11. The van der Waals surface area contributed by atoms with Crippen molar-refractivity contribution in [1.82, 2.24) is 9.80 Å². The lowest BCUT2D eigenvalue weighted by atomic mass is 10.1. The first-order valence-electron chi connectivity index (χ1n) is 6.82. The van der Waals surface area contributed by atoms with Gasteiger partial charge in [0.2, 0.25) is 0 Å². The molecule has 0 bridgehead atoms. The van der Waals surface area contributed by atoms with E-state index >= 15 is 0 Å². The lowest BCUT2D eigenvalue weighted by molar-refractivity contribution is 0.0697. The van der Waals surface area contributed by atoms with Crippen LogP contribution in [0.5, 0.6) is 0 Å². The predicted molar refractivity (Wildman–Crippen MR) is 83.0 cm³/mol. The summed E-state index contributed by atoms with van der Waals surface area (Å²) in [7, 11) is 5.65. The van der Waals surface area contributed by atoms with Crippen LogP contribution < -0.4 is 5.32 Å². The summed E-state index contributed by atoms with van der Waals surface area (Å²) in [5, 5.41) is 11.9. The maximum absolute atomic E-state index is 12.1. The monoisotopic (exact) mass is 293 g/mol. The van der Waals surface area contributed by atoms with Gasteiger partial charge in [-0.1, -0.05) is 12.1 Å². The Morgan fingerprint density at radius 3 is 2.43 bits per heavy atom. The number of aryl methyl sites for hydroxylation is 1. The molecular weight excluding hydrogens is 270 g/mol. The summed E-state index contributed by atoms with van der Waals surface area (Å²) < 4.78 is 0. The van der Waals surface area contributed by atoms with E-state index < -0.39 is 5.97 Å². The van der Waals surface area contributed by atoms with E-state index in [9.17, 15) is 14.7 Å². The number of carbonyl (C=O) groups is 2. The van der Waals surface area contributed by atoms with Crippen LogP contribution in [0.2, 0.25) is 0 Å². The van der Waals surface area contributed by atoms with Crippen molar-refractivity contribution in [3.63, 3.8) is 0 Å². The van der Waals surface area contributed by atoms with Crippen LogP contribution in [-0.4, -0.2) is 61.1 Å². The molecule has 21 heavy (non-hydrogen) atoms. The molecule has 116 valence electrons. The fourth-order valence-corrected chi connectivity index (χ4v) is 1.99. The van der Waals surface area contributed by atoms with Gasteiger partial charge in [0, 0.05) is 13.6 Å². The number of aromatic carboxylic acids is 1. The fraction of sp³-hybridized carbons (Fsp3) is 0.467. The second-order valence-corrected chi connectivity index (χ2v) is 5.31. The first-order chi connectivity index (χ1) is 9.82. The molecule has 0 radical (unpaired) electrons. The molecule has 0 heterocycles. The summed E-state index contributed by atoms with van der Waals surface area (Å²) in [6.45, 7) is 3.21. The van der Waals surface area contributed by atoms with Crippen LogP contribution in [0.25, 0.3) is 0 Å². The lowest BCUT2D eigenvalue weighted by Gasteiger charge is -2.20. The van der Waals surface area contributed by atoms with Crippen molar-refractivity contribution in [1.29, 1.82) is 0 Å². The SMILES string of the molecule is Cc1cccc(NC(=O)N(C)CCCN(C)C)c1C(=O)O. The molecule has 0 saturated heterocycles. The number of carboxylic acids is 1. The van der Waals surface area contributed by atoms with Crippen LogP contribution in [0.1, 0.15) is 22.3 Å². The summed E-state index contributed by atoms with van der Waals surface area (Å²) in [6, 6.07) is 4.73. The average molecular weight is 293 g/mol. The quantitative estimate of drug-likeness (QED) is 0.842. The molecule has 0 fully saturated rings. The number of rotatable bonds is 6. The normalized spacial score (nSPS) is 10.5. The molecule has 0 aliphatic carbocycles. The number of carbonyl (C=O) groups excluding carboxylic acids is 1. The molecular formula is C15H23N3O3. The molecule has 6 nitrogen and oxygen atoms in total. The van der Waals surface area contributed by atoms with E-state index in [-0.39, 0.29) is 11.6 Å². The van der Waals surface area contributed by atoms with Crippen LogP contribution in [0.3, 0.4) is 0 Å². The largest absolute Gasteiger partial charge is 0.478 e. The molecule has 0 atom stereocenters. The molecule has 2 N–H and O–H groups in total. The molecule has 0 unspecified atom stereocenters. The van der Waals surface area contributed by atoms with Crippen molar-refractivity contribution in [2.24, 2.45) is 0 Å². The topological polar surface area (TPSA) is 72.9 Å². The minimum atomic E-state index is -1.04. The molecule has 0 spiro atoms. The highest BCUT2D eigenvalue weighted by Crippen LogP contribution is 2.19. The van der Waals surface area contributed by atoms with Crippen molar-refractivity contribution in [3.05, 3.63) is 29.3 Å². The Morgan fingerprint density at radius 1 is 1.19 bits per heavy atom. The smallest absolute Gasteiger partial charge is 0.338 e. The van der Waals surface area contributed by atoms with Gasteiger partial charge < -0.3 is 20.2 Å². The Bertz CT molecular complexity index is 515. The summed E-state index contributed by atoms with van der Waals surface area (Å²) >= 11 is 0. The maximum Gasteiger partial charge on any atom is 0.338 e. The number of amides is 2. The molecule has 1 aromatic carbocycles. The Balaban J connectivity index is 2.70. The number of nitrogens with one attached hydrogen (secondary N) is 1. The minimum absolute atomic E-state index is 0.132. The Hall–Kier alpha value is -2.08. The number of anilines is 1. The fourth-order valence-electron chi connectivity index (χ4n) is 1.99. The molecule has 2 amide bonds. The zero-order valence-corrected chi connectivity index (χ0v) is 13.0. The zero-order chi connectivity index (χ0) is 16.0. The van der Waals surface area contributed by atoms with Gasteiger partial charge >= 0.3 is 12.0 Å².